The van der Waals surface area contributed by atoms with E-state index >= 15 is 0 Å². The monoisotopic (exact) mass is 558 g/mol. The number of thiophene rings is 1. The molecule has 3 aromatic carbocycles. The molecule has 1 heterocycles. The highest BCUT2D eigenvalue weighted by molar-refractivity contribution is 7.93. The molecule has 0 amide bonds. The second kappa shape index (κ2) is 9.48. The van der Waals surface area contributed by atoms with Gasteiger partial charge < -0.3 is 5.11 Å². The van der Waals surface area contributed by atoms with Gasteiger partial charge >= 0.3 is 6.18 Å². The van der Waals surface area contributed by atoms with Crippen molar-refractivity contribution in [3.8, 4) is 0 Å². The van der Waals surface area contributed by atoms with E-state index in [-0.39, 0.29) is 14.7 Å². The van der Waals surface area contributed by atoms with Crippen LogP contribution in [-0.4, -0.2) is 19.7 Å². The quantitative estimate of drug-likeness (QED) is 0.254. The fourth-order valence-electron chi connectivity index (χ4n) is 4.79. The molecule has 38 heavy (non-hydrogen) atoms. The number of fused-ring (bicyclic) bond motifs is 1. The summed E-state index contributed by atoms with van der Waals surface area (Å²) in [6.45, 7) is 0.698. The zero-order valence-corrected chi connectivity index (χ0v) is 21.7. The van der Waals surface area contributed by atoms with E-state index in [0.717, 1.165) is 16.9 Å². The molecule has 0 bridgehead atoms. The van der Waals surface area contributed by atoms with Gasteiger partial charge in [0.2, 0.25) is 9.84 Å². The Morgan fingerprint density at radius 3 is 2.29 bits per heavy atom. The number of aliphatic hydroxyl groups is 1. The molecular weight excluding hydrogens is 536 g/mol. The maximum atomic E-state index is 13.9. The zero-order chi connectivity index (χ0) is 27.3. The van der Waals surface area contributed by atoms with Crippen molar-refractivity contribution in [3.05, 3.63) is 123 Å². The molecule has 1 aromatic heterocycles. The van der Waals surface area contributed by atoms with Gasteiger partial charge in [0, 0.05) is 5.92 Å². The van der Waals surface area contributed by atoms with Crippen LogP contribution >= 0.6 is 11.3 Å². The molecule has 0 fully saturated rings. The summed E-state index contributed by atoms with van der Waals surface area (Å²) in [5.41, 5.74) is -0.0759. The Morgan fingerprint density at radius 2 is 1.66 bits per heavy atom. The van der Waals surface area contributed by atoms with Gasteiger partial charge in [-0.1, -0.05) is 66.2 Å². The molecule has 0 spiro atoms. The summed E-state index contributed by atoms with van der Waals surface area (Å²) in [5.74, 6) is -0.883. The van der Waals surface area contributed by atoms with Crippen LogP contribution in [0.5, 0.6) is 0 Å². The van der Waals surface area contributed by atoms with Gasteiger partial charge in [0.05, 0.1) is 4.90 Å². The fraction of sp³-hybridized carbons (Fsp3) is 0.172. The third kappa shape index (κ3) is 4.59. The molecule has 0 aliphatic heterocycles. The lowest BCUT2D eigenvalue weighted by Gasteiger charge is -2.27. The van der Waals surface area contributed by atoms with Crippen LogP contribution in [-0.2, 0) is 21.9 Å². The van der Waals surface area contributed by atoms with Crippen LogP contribution in [0.25, 0.3) is 6.08 Å². The number of allylic oxidation sites excluding steroid dienone is 1. The van der Waals surface area contributed by atoms with Gasteiger partial charge in [-0.2, -0.15) is 13.2 Å². The first kappa shape index (κ1) is 26.3. The summed E-state index contributed by atoms with van der Waals surface area (Å²) in [6, 6.07) is 19.7. The SMILES string of the molecule is CC(O)(c1ccc(C2C(Cc3cccc(F)c3)=Cc3c2cccc3S(=O)(=O)c2cccs2)cc1)C(F)(F)F. The molecule has 2 unspecified atom stereocenters. The molecule has 2 atom stereocenters. The minimum absolute atomic E-state index is 0.133. The minimum Gasteiger partial charge on any atom is -0.376 e. The number of halogens is 4. The van der Waals surface area contributed by atoms with E-state index in [2.05, 4.69) is 0 Å². The fourth-order valence-corrected chi connectivity index (χ4v) is 7.38. The Balaban J connectivity index is 1.63. The first-order valence-corrected chi connectivity index (χ1v) is 14.0. The molecule has 4 aromatic rings. The zero-order valence-electron chi connectivity index (χ0n) is 20.0. The second-order valence-electron chi connectivity index (χ2n) is 9.35. The van der Waals surface area contributed by atoms with Gasteiger partial charge in [0.15, 0.2) is 5.60 Å². The Kier molecular flexibility index (Phi) is 6.57. The number of hydrogen-bond donors (Lipinski definition) is 1. The van der Waals surface area contributed by atoms with Crippen molar-refractivity contribution < 1.29 is 31.1 Å². The van der Waals surface area contributed by atoms with Crippen LogP contribution in [0.3, 0.4) is 0 Å². The van der Waals surface area contributed by atoms with Gasteiger partial charge in [-0.15, -0.1) is 11.3 Å². The number of rotatable bonds is 6. The lowest BCUT2D eigenvalue weighted by molar-refractivity contribution is -0.258. The van der Waals surface area contributed by atoms with Crippen molar-refractivity contribution in [1.82, 2.24) is 0 Å². The third-order valence-electron chi connectivity index (χ3n) is 6.82. The number of alkyl halides is 3. The Bertz CT molecular complexity index is 1620. The van der Waals surface area contributed by atoms with E-state index in [4.69, 9.17) is 0 Å². The van der Waals surface area contributed by atoms with Crippen molar-refractivity contribution in [2.24, 2.45) is 0 Å². The molecule has 196 valence electrons. The molecule has 5 rings (SSSR count). The maximum absolute atomic E-state index is 13.9. The van der Waals surface area contributed by atoms with Crippen molar-refractivity contribution in [2.45, 2.75) is 40.1 Å². The molecule has 1 aliphatic carbocycles. The highest BCUT2D eigenvalue weighted by Gasteiger charge is 2.51. The number of benzene rings is 3. The second-order valence-corrected chi connectivity index (χ2v) is 12.4. The van der Waals surface area contributed by atoms with Gasteiger partial charge in [0.1, 0.15) is 10.0 Å². The first-order chi connectivity index (χ1) is 17.9. The summed E-state index contributed by atoms with van der Waals surface area (Å²) < 4.78 is 81.2. The smallest absolute Gasteiger partial charge is 0.376 e. The summed E-state index contributed by atoms with van der Waals surface area (Å²) in [7, 11) is -3.82. The van der Waals surface area contributed by atoms with Crippen LogP contribution in [0.1, 0.15) is 40.7 Å². The highest BCUT2D eigenvalue weighted by Crippen LogP contribution is 2.46. The summed E-state index contributed by atoms with van der Waals surface area (Å²) >= 11 is 1.11. The van der Waals surface area contributed by atoms with Crippen LogP contribution in [0.4, 0.5) is 17.6 Å². The molecule has 0 saturated heterocycles. The largest absolute Gasteiger partial charge is 0.421 e. The van der Waals surface area contributed by atoms with Crippen LogP contribution in [0.2, 0.25) is 0 Å². The molecular formula is C29H22F4O3S2. The van der Waals surface area contributed by atoms with E-state index in [0.29, 0.717) is 35.6 Å². The van der Waals surface area contributed by atoms with Crippen molar-refractivity contribution in [3.63, 3.8) is 0 Å². The van der Waals surface area contributed by atoms with Crippen molar-refractivity contribution >= 4 is 27.3 Å². The molecule has 0 radical (unpaired) electrons. The van der Waals surface area contributed by atoms with E-state index in [1.807, 2.05) is 0 Å². The topological polar surface area (TPSA) is 54.4 Å². The average Bonchev–Trinajstić information content (AvgIpc) is 3.52. The molecule has 3 nitrogen and oxygen atoms in total. The Labute approximate surface area is 221 Å². The van der Waals surface area contributed by atoms with E-state index in [1.165, 1.54) is 48.5 Å². The van der Waals surface area contributed by atoms with Crippen molar-refractivity contribution in [1.29, 1.82) is 0 Å². The molecule has 9 heteroatoms. The molecule has 1 aliphatic rings. The highest BCUT2D eigenvalue weighted by atomic mass is 32.2. The van der Waals surface area contributed by atoms with E-state index < -0.39 is 33.3 Å². The maximum Gasteiger partial charge on any atom is 0.421 e. The standard InChI is InChI=1S/C29H22F4O3S2/c1-28(34,29(31,32)33)21-12-10-19(11-13-21)27-20(15-18-5-2-6-22(30)16-18)17-24-23(27)7-3-8-25(24)38(35,36)26-9-4-14-37-26/h2-14,16-17,27,34H,15H2,1H3. The predicted octanol–water partition coefficient (Wildman–Crippen LogP) is 7.26. The summed E-state index contributed by atoms with van der Waals surface area (Å²) in [4.78, 5) is 0.133. The average molecular weight is 559 g/mol. The van der Waals surface area contributed by atoms with Crippen LogP contribution in [0.15, 0.2) is 98.9 Å². The van der Waals surface area contributed by atoms with Crippen molar-refractivity contribution in [2.75, 3.05) is 0 Å². The first-order valence-electron chi connectivity index (χ1n) is 11.7. The Morgan fingerprint density at radius 1 is 0.947 bits per heavy atom. The van der Waals surface area contributed by atoms with Crippen LogP contribution in [0, 0.1) is 5.82 Å². The van der Waals surface area contributed by atoms with Gasteiger partial charge in [-0.3, -0.25) is 0 Å². The van der Waals surface area contributed by atoms with E-state index in [1.54, 1.807) is 41.8 Å². The predicted molar refractivity (Wildman–Crippen MR) is 138 cm³/mol. The van der Waals surface area contributed by atoms with Gasteiger partial charge in [0.25, 0.3) is 0 Å². The van der Waals surface area contributed by atoms with Gasteiger partial charge in [-0.05, 0) is 70.8 Å². The minimum atomic E-state index is -4.86. The number of sulfone groups is 1. The normalized spacial score (nSPS) is 17.1. The Hall–Kier alpha value is -3.27. The van der Waals surface area contributed by atoms with Crippen LogP contribution < -0.4 is 0 Å². The van der Waals surface area contributed by atoms with Gasteiger partial charge in [-0.25, -0.2) is 12.8 Å². The molecule has 0 saturated carbocycles. The number of hydrogen-bond acceptors (Lipinski definition) is 4. The van der Waals surface area contributed by atoms with E-state index in [9.17, 15) is 31.1 Å². The third-order valence-corrected chi connectivity index (χ3v) is 10.0. The summed E-state index contributed by atoms with van der Waals surface area (Å²) in [6.07, 6.45) is -2.77. The summed E-state index contributed by atoms with van der Waals surface area (Å²) in [5, 5.41) is 11.8. The lowest BCUT2D eigenvalue weighted by atomic mass is 9.84. The molecule has 1 N–H and O–H groups in total. The lowest BCUT2D eigenvalue weighted by Crippen LogP contribution is -2.39.